The first-order valence-corrected chi connectivity index (χ1v) is 6.30. The SMILES string of the molecule is Cc1cccc(OC(C)CNC(=O)C2(N)CC2)c1.Cl. The summed E-state index contributed by atoms with van der Waals surface area (Å²) in [5.74, 6) is 0.757. The van der Waals surface area contributed by atoms with Gasteiger partial charge in [0, 0.05) is 0 Å². The summed E-state index contributed by atoms with van der Waals surface area (Å²) in [6, 6.07) is 7.86. The highest BCUT2D eigenvalue weighted by Crippen LogP contribution is 2.32. The van der Waals surface area contributed by atoms with Gasteiger partial charge in [0.2, 0.25) is 5.91 Å². The van der Waals surface area contributed by atoms with E-state index in [1.54, 1.807) is 0 Å². The number of nitrogens with two attached hydrogens (primary N) is 1. The van der Waals surface area contributed by atoms with E-state index in [4.69, 9.17) is 10.5 Å². The number of aryl methyl sites for hydroxylation is 1. The second-order valence-corrected chi connectivity index (χ2v) is 5.11. The molecule has 0 radical (unpaired) electrons. The fourth-order valence-electron chi connectivity index (χ4n) is 1.74. The van der Waals surface area contributed by atoms with E-state index >= 15 is 0 Å². The maximum absolute atomic E-state index is 11.6. The first-order chi connectivity index (χ1) is 8.49. The zero-order valence-electron chi connectivity index (χ0n) is 11.3. The van der Waals surface area contributed by atoms with Gasteiger partial charge in [-0.25, -0.2) is 0 Å². The Hall–Kier alpha value is -1.26. The fourth-order valence-corrected chi connectivity index (χ4v) is 1.74. The van der Waals surface area contributed by atoms with Crippen molar-refractivity contribution < 1.29 is 9.53 Å². The maximum Gasteiger partial charge on any atom is 0.240 e. The lowest BCUT2D eigenvalue weighted by molar-refractivity contribution is -0.123. The van der Waals surface area contributed by atoms with Crippen LogP contribution in [0.25, 0.3) is 0 Å². The molecule has 1 aliphatic carbocycles. The number of amides is 1. The summed E-state index contributed by atoms with van der Waals surface area (Å²) in [4.78, 5) is 11.6. The molecule has 1 aromatic carbocycles. The third kappa shape index (κ3) is 4.40. The summed E-state index contributed by atoms with van der Waals surface area (Å²) in [6.07, 6.45) is 1.50. The van der Waals surface area contributed by atoms with Gasteiger partial charge < -0.3 is 15.8 Å². The lowest BCUT2D eigenvalue weighted by Crippen LogP contribution is -2.45. The highest BCUT2D eigenvalue weighted by atomic mass is 35.5. The third-order valence-electron chi connectivity index (χ3n) is 3.12. The van der Waals surface area contributed by atoms with Crippen LogP contribution in [0.5, 0.6) is 5.75 Å². The summed E-state index contributed by atoms with van der Waals surface area (Å²) >= 11 is 0. The van der Waals surface area contributed by atoms with Gasteiger partial charge in [-0.1, -0.05) is 12.1 Å². The fraction of sp³-hybridized carbons (Fsp3) is 0.500. The maximum atomic E-state index is 11.6. The molecule has 106 valence electrons. The van der Waals surface area contributed by atoms with E-state index in [9.17, 15) is 4.79 Å². The molecule has 1 fully saturated rings. The van der Waals surface area contributed by atoms with E-state index in [0.29, 0.717) is 6.54 Å². The van der Waals surface area contributed by atoms with Gasteiger partial charge in [0.1, 0.15) is 11.9 Å². The molecule has 0 spiro atoms. The minimum Gasteiger partial charge on any atom is -0.489 e. The van der Waals surface area contributed by atoms with E-state index in [2.05, 4.69) is 5.32 Å². The number of carbonyl (C=O) groups excluding carboxylic acids is 1. The standard InChI is InChI=1S/C14H20N2O2.ClH/c1-10-4-3-5-12(8-10)18-11(2)9-16-13(17)14(15)6-7-14;/h3-5,8,11H,6-7,9,15H2,1-2H3,(H,16,17);1H. The van der Waals surface area contributed by atoms with Gasteiger partial charge in [0.25, 0.3) is 0 Å². The second-order valence-electron chi connectivity index (χ2n) is 5.11. The van der Waals surface area contributed by atoms with Crippen molar-refractivity contribution in [1.29, 1.82) is 0 Å². The van der Waals surface area contributed by atoms with E-state index < -0.39 is 5.54 Å². The zero-order chi connectivity index (χ0) is 13.2. The van der Waals surface area contributed by atoms with Crippen LogP contribution in [0.2, 0.25) is 0 Å². The van der Waals surface area contributed by atoms with Gasteiger partial charge in [-0.3, -0.25) is 4.79 Å². The van der Waals surface area contributed by atoms with Crippen LogP contribution >= 0.6 is 12.4 Å². The average Bonchev–Trinajstić information content (AvgIpc) is 3.05. The van der Waals surface area contributed by atoms with E-state index in [1.165, 1.54) is 0 Å². The lowest BCUT2D eigenvalue weighted by Gasteiger charge is -2.17. The summed E-state index contributed by atoms with van der Waals surface area (Å²) in [5.41, 5.74) is 6.34. The molecule has 2 rings (SSSR count). The smallest absolute Gasteiger partial charge is 0.240 e. The van der Waals surface area contributed by atoms with Crippen molar-refractivity contribution >= 4 is 18.3 Å². The zero-order valence-corrected chi connectivity index (χ0v) is 12.1. The highest BCUT2D eigenvalue weighted by molar-refractivity contribution is 5.88. The van der Waals surface area contributed by atoms with Gasteiger partial charge in [-0.05, 0) is 44.4 Å². The van der Waals surface area contributed by atoms with Gasteiger partial charge in [0.15, 0.2) is 0 Å². The van der Waals surface area contributed by atoms with Crippen molar-refractivity contribution in [3.63, 3.8) is 0 Å². The highest BCUT2D eigenvalue weighted by Gasteiger charge is 2.45. The number of ether oxygens (including phenoxy) is 1. The van der Waals surface area contributed by atoms with Crippen LogP contribution < -0.4 is 15.8 Å². The van der Waals surface area contributed by atoms with Crippen LogP contribution in [-0.2, 0) is 4.79 Å². The molecule has 1 atom stereocenters. The molecule has 4 nitrogen and oxygen atoms in total. The van der Waals surface area contributed by atoms with E-state index in [0.717, 1.165) is 24.2 Å². The molecule has 1 aromatic rings. The Morgan fingerprint density at radius 1 is 1.53 bits per heavy atom. The largest absolute Gasteiger partial charge is 0.489 e. The summed E-state index contributed by atoms with van der Waals surface area (Å²) < 4.78 is 5.72. The molecule has 1 aliphatic rings. The van der Waals surface area contributed by atoms with Gasteiger partial charge in [0.05, 0.1) is 12.1 Å². The molecule has 1 amide bonds. The molecule has 0 aliphatic heterocycles. The topological polar surface area (TPSA) is 64.3 Å². The van der Waals surface area contributed by atoms with E-state index in [1.807, 2.05) is 38.1 Å². The molecule has 0 aromatic heterocycles. The molecular weight excluding hydrogens is 264 g/mol. The summed E-state index contributed by atoms with van der Waals surface area (Å²) in [5, 5.41) is 2.83. The number of hydrogen-bond acceptors (Lipinski definition) is 3. The molecule has 5 heteroatoms. The Kier molecular flexibility index (Phi) is 5.20. The third-order valence-corrected chi connectivity index (χ3v) is 3.12. The minimum absolute atomic E-state index is 0. The molecule has 1 unspecified atom stereocenters. The Morgan fingerprint density at radius 2 is 2.21 bits per heavy atom. The van der Waals surface area contributed by atoms with Crippen LogP contribution in [0.1, 0.15) is 25.3 Å². The van der Waals surface area contributed by atoms with Crippen molar-refractivity contribution in [2.24, 2.45) is 5.73 Å². The second kappa shape index (κ2) is 6.26. The number of hydrogen-bond donors (Lipinski definition) is 2. The van der Waals surface area contributed by atoms with Crippen LogP contribution in [0.4, 0.5) is 0 Å². The molecular formula is C14H21ClN2O2. The molecule has 19 heavy (non-hydrogen) atoms. The minimum atomic E-state index is -0.608. The van der Waals surface area contributed by atoms with Crippen LogP contribution in [0, 0.1) is 6.92 Å². The Balaban J connectivity index is 0.00000180. The number of nitrogens with one attached hydrogen (secondary N) is 1. The number of benzene rings is 1. The lowest BCUT2D eigenvalue weighted by atomic mass is 10.2. The monoisotopic (exact) mass is 284 g/mol. The van der Waals surface area contributed by atoms with Gasteiger partial charge in [-0.2, -0.15) is 0 Å². The summed E-state index contributed by atoms with van der Waals surface area (Å²) in [6.45, 7) is 4.43. The normalized spacial score (nSPS) is 17.0. The molecule has 3 N–H and O–H groups in total. The van der Waals surface area contributed by atoms with Crippen molar-refractivity contribution in [2.45, 2.75) is 38.3 Å². The van der Waals surface area contributed by atoms with Crippen LogP contribution in [-0.4, -0.2) is 24.1 Å². The Morgan fingerprint density at radius 3 is 2.79 bits per heavy atom. The first kappa shape index (κ1) is 15.8. The van der Waals surface area contributed by atoms with Gasteiger partial charge >= 0.3 is 0 Å². The average molecular weight is 285 g/mol. The van der Waals surface area contributed by atoms with Crippen molar-refractivity contribution in [3.05, 3.63) is 29.8 Å². The van der Waals surface area contributed by atoms with Crippen molar-refractivity contribution in [3.8, 4) is 5.75 Å². The number of halogens is 1. The molecule has 0 bridgehead atoms. The quantitative estimate of drug-likeness (QED) is 0.866. The molecule has 0 saturated heterocycles. The number of carbonyl (C=O) groups is 1. The van der Waals surface area contributed by atoms with Gasteiger partial charge in [-0.15, -0.1) is 12.4 Å². The predicted molar refractivity (Wildman–Crippen MR) is 77.7 cm³/mol. The van der Waals surface area contributed by atoms with Crippen molar-refractivity contribution in [1.82, 2.24) is 5.32 Å². The first-order valence-electron chi connectivity index (χ1n) is 6.30. The molecule has 1 saturated carbocycles. The van der Waals surface area contributed by atoms with E-state index in [-0.39, 0.29) is 24.4 Å². The molecule has 0 heterocycles. The van der Waals surface area contributed by atoms with Crippen LogP contribution in [0.3, 0.4) is 0 Å². The van der Waals surface area contributed by atoms with Crippen LogP contribution in [0.15, 0.2) is 24.3 Å². The Bertz CT molecular complexity index is 447. The van der Waals surface area contributed by atoms with Crippen molar-refractivity contribution in [2.75, 3.05) is 6.54 Å². The Labute approximate surface area is 120 Å². The number of rotatable bonds is 5. The summed E-state index contributed by atoms with van der Waals surface area (Å²) in [7, 11) is 0. The predicted octanol–water partition coefficient (Wildman–Crippen LogP) is 1.79.